The van der Waals surface area contributed by atoms with Crippen LogP contribution in [0.4, 0.5) is 4.39 Å². The van der Waals surface area contributed by atoms with Crippen LogP contribution in [0.25, 0.3) is 0 Å². The Morgan fingerprint density at radius 2 is 2.08 bits per heavy atom. The van der Waals surface area contributed by atoms with Gasteiger partial charge in [0, 0.05) is 23.7 Å². The monoisotopic (exact) mass is 347 g/mol. The van der Waals surface area contributed by atoms with E-state index in [1.807, 2.05) is 24.3 Å². The van der Waals surface area contributed by atoms with Gasteiger partial charge in [-0.3, -0.25) is 4.79 Å². The predicted octanol–water partition coefficient (Wildman–Crippen LogP) is 4.30. The number of piperidine rings is 1. The molecule has 1 fully saturated rings. The number of nitrogens with zero attached hydrogens (tertiary/aromatic N) is 1. The normalized spacial score (nSPS) is 17.8. The van der Waals surface area contributed by atoms with Gasteiger partial charge in [-0.25, -0.2) is 4.39 Å². The second-order valence-corrected chi connectivity index (χ2v) is 6.34. The molecule has 3 nitrogen and oxygen atoms in total. The maximum atomic E-state index is 13.3. The van der Waals surface area contributed by atoms with Crippen molar-refractivity contribution in [3.63, 3.8) is 0 Å². The molecule has 5 heteroatoms. The molecule has 1 aliphatic rings. The van der Waals surface area contributed by atoms with Gasteiger partial charge in [0.1, 0.15) is 5.82 Å². The standard InChI is InChI=1S/C19H19ClFNO2/c20-18-9-2-1-5-15(18)13-24-17-8-4-10-22(12-17)19(23)14-6-3-7-16(21)11-14/h1-3,5-7,9,11,17H,4,8,10,12-13H2. The van der Waals surface area contributed by atoms with Gasteiger partial charge in [0.25, 0.3) is 5.91 Å². The third-order valence-corrected chi connectivity index (χ3v) is 4.54. The van der Waals surface area contributed by atoms with E-state index in [4.69, 9.17) is 16.3 Å². The summed E-state index contributed by atoms with van der Waals surface area (Å²) in [4.78, 5) is 14.2. The van der Waals surface area contributed by atoms with Gasteiger partial charge in [-0.15, -0.1) is 0 Å². The van der Waals surface area contributed by atoms with Gasteiger partial charge >= 0.3 is 0 Å². The molecule has 1 atom stereocenters. The lowest BCUT2D eigenvalue weighted by molar-refractivity contribution is -0.00671. The number of benzene rings is 2. The first-order valence-electron chi connectivity index (χ1n) is 8.03. The smallest absolute Gasteiger partial charge is 0.254 e. The van der Waals surface area contributed by atoms with Crippen LogP contribution in [0.2, 0.25) is 5.02 Å². The third-order valence-electron chi connectivity index (χ3n) is 4.17. The molecule has 0 bridgehead atoms. The summed E-state index contributed by atoms with van der Waals surface area (Å²) in [5.74, 6) is -0.551. The predicted molar refractivity (Wildman–Crippen MR) is 91.6 cm³/mol. The van der Waals surface area contributed by atoms with Crippen molar-refractivity contribution >= 4 is 17.5 Å². The molecule has 0 aromatic heterocycles. The van der Waals surface area contributed by atoms with Crippen LogP contribution < -0.4 is 0 Å². The zero-order valence-electron chi connectivity index (χ0n) is 13.3. The molecule has 0 spiro atoms. The lowest BCUT2D eigenvalue weighted by Crippen LogP contribution is -2.43. The second kappa shape index (κ2) is 7.77. The molecule has 1 saturated heterocycles. The number of ether oxygens (including phenoxy) is 1. The number of rotatable bonds is 4. The highest BCUT2D eigenvalue weighted by atomic mass is 35.5. The highest BCUT2D eigenvalue weighted by Gasteiger charge is 2.25. The molecule has 1 aliphatic heterocycles. The first-order valence-corrected chi connectivity index (χ1v) is 8.41. The fourth-order valence-electron chi connectivity index (χ4n) is 2.89. The van der Waals surface area contributed by atoms with E-state index >= 15 is 0 Å². The summed E-state index contributed by atoms with van der Waals surface area (Å²) in [7, 11) is 0. The number of amides is 1. The highest BCUT2D eigenvalue weighted by molar-refractivity contribution is 6.31. The molecule has 2 aromatic rings. The summed E-state index contributed by atoms with van der Waals surface area (Å²) in [6, 6.07) is 13.4. The Balaban J connectivity index is 1.60. The van der Waals surface area contributed by atoms with Crippen LogP contribution in [0.5, 0.6) is 0 Å². The molecular weight excluding hydrogens is 329 g/mol. The molecule has 1 heterocycles. The average Bonchev–Trinajstić information content (AvgIpc) is 2.61. The molecule has 126 valence electrons. The van der Waals surface area contributed by atoms with Crippen molar-refractivity contribution in [3.8, 4) is 0 Å². The SMILES string of the molecule is O=C(c1cccc(F)c1)N1CCCC(OCc2ccccc2Cl)C1. The third kappa shape index (κ3) is 4.13. The van der Waals surface area contributed by atoms with E-state index in [0.717, 1.165) is 18.4 Å². The maximum Gasteiger partial charge on any atom is 0.254 e. The summed E-state index contributed by atoms with van der Waals surface area (Å²) in [5.41, 5.74) is 1.31. The van der Waals surface area contributed by atoms with Gasteiger partial charge in [-0.2, -0.15) is 0 Å². The summed E-state index contributed by atoms with van der Waals surface area (Å²) >= 11 is 6.14. The lowest BCUT2D eigenvalue weighted by Gasteiger charge is -2.32. The first-order chi connectivity index (χ1) is 11.6. The van der Waals surface area contributed by atoms with E-state index < -0.39 is 5.82 Å². The van der Waals surface area contributed by atoms with E-state index in [9.17, 15) is 9.18 Å². The molecular formula is C19H19ClFNO2. The Bertz CT molecular complexity index is 722. The van der Waals surface area contributed by atoms with Crippen LogP contribution in [0.15, 0.2) is 48.5 Å². The van der Waals surface area contributed by atoms with Gasteiger partial charge in [0.05, 0.1) is 12.7 Å². The summed E-state index contributed by atoms with van der Waals surface area (Å²) in [6.45, 7) is 1.60. The Kier molecular flexibility index (Phi) is 5.48. The Hall–Kier alpha value is -1.91. The van der Waals surface area contributed by atoms with E-state index in [1.54, 1.807) is 17.0 Å². The van der Waals surface area contributed by atoms with E-state index in [2.05, 4.69) is 0 Å². The molecule has 2 aromatic carbocycles. The molecule has 0 saturated carbocycles. The van der Waals surface area contributed by atoms with Gasteiger partial charge in [-0.05, 0) is 42.7 Å². The zero-order valence-corrected chi connectivity index (χ0v) is 14.0. The van der Waals surface area contributed by atoms with Crippen LogP contribution in [-0.2, 0) is 11.3 Å². The van der Waals surface area contributed by atoms with Gasteiger partial charge in [0.15, 0.2) is 0 Å². The molecule has 0 aliphatic carbocycles. The lowest BCUT2D eigenvalue weighted by atomic mass is 10.1. The number of likely N-dealkylation sites (tertiary alicyclic amines) is 1. The zero-order chi connectivity index (χ0) is 16.9. The quantitative estimate of drug-likeness (QED) is 0.825. The van der Waals surface area contributed by atoms with Crippen LogP contribution in [-0.4, -0.2) is 30.0 Å². The molecule has 0 radical (unpaired) electrons. The van der Waals surface area contributed by atoms with Gasteiger partial charge in [-0.1, -0.05) is 35.9 Å². The van der Waals surface area contributed by atoms with Crippen LogP contribution in [0.3, 0.4) is 0 Å². The minimum Gasteiger partial charge on any atom is -0.372 e. The fourth-order valence-corrected chi connectivity index (χ4v) is 3.08. The molecule has 3 rings (SSSR count). The Morgan fingerprint density at radius 1 is 1.25 bits per heavy atom. The van der Waals surface area contributed by atoms with Crippen molar-refractivity contribution in [3.05, 3.63) is 70.5 Å². The van der Waals surface area contributed by atoms with Crippen LogP contribution in [0, 0.1) is 5.82 Å². The molecule has 1 unspecified atom stereocenters. The molecule has 1 amide bonds. The van der Waals surface area contributed by atoms with Gasteiger partial charge < -0.3 is 9.64 Å². The van der Waals surface area contributed by atoms with Crippen LogP contribution in [0.1, 0.15) is 28.8 Å². The van der Waals surface area contributed by atoms with Gasteiger partial charge in [0.2, 0.25) is 0 Å². The highest BCUT2D eigenvalue weighted by Crippen LogP contribution is 2.20. The maximum absolute atomic E-state index is 13.3. The van der Waals surface area contributed by atoms with Crippen molar-refractivity contribution in [2.45, 2.75) is 25.6 Å². The van der Waals surface area contributed by atoms with Crippen molar-refractivity contribution in [2.24, 2.45) is 0 Å². The van der Waals surface area contributed by atoms with E-state index in [1.165, 1.54) is 12.1 Å². The largest absolute Gasteiger partial charge is 0.372 e. The van der Waals surface area contributed by atoms with E-state index in [0.29, 0.717) is 30.3 Å². The summed E-state index contributed by atoms with van der Waals surface area (Å²) in [5, 5.41) is 0.681. The number of hydrogen-bond acceptors (Lipinski definition) is 2. The number of hydrogen-bond donors (Lipinski definition) is 0. The number of carbonyl (C=O) groups is 1. The molecule has 0 N–H and O–H groups in total. The fraction of sp³-hybridized carbons (Fsp3) is 0.316. The average molecular weight is 348 g/mol. The number of halogens is 2. The number of carbonyl (C=O) groups excluding carboxylic acids is 1. The topological polar surface area (TPSA) is 29.5 Å². The summed E-state index contributed by atoms with van der Waals surface area (Å²) < 4.78 is 19.2. The van der Waals surface area contributed by atoms with Crippen molar-refractivity contribution in [1.29, 1.82) is 0 Å². The summed E-state index contributed by atoms with van der Waals surface area (Å²) in [6.07, 6.45) is 1.73. The Morgan fingerprint density at radius 3 is 2.88 bits per heavy atom. The minimum absolute atomic E-state index is 0.0347. The first kappa shape index (κ1) is 16.9. The van der Waals surface area contributed by atoms with Crippen molar-refractivity contribution in [2.75, 3.05) is 13.1 Å². The molecule has 24 heavy (non-hydrogen) atoms. The minimum atomic E-state index is -0.399. The van der Waals surface area contributed by atoms with Crippen molar-refractivity contribution < 1.29 is 13.9 Å². The van der Waals surface area contributed by atoms with E-state index in [-0.39, 0.29) is 12.0 Å². The van der Waals surface area contributed by atoms with Crippen LogP contribution >= 0.6 is 11.6 Å². The Labute approximate surface area is 146 Å². The van der Waals surface area contributed by atoms with Crippen molar-refractivity contribution in [1.82, 2.24) is 4.90 Å². The second-order valence-electron chi connectivity index (χ2n) is 5.93.